The Kier molecular flexibility index (Phi) is 14.0. The van der Waals surface area contributed by atoms with Gasteiger partial charge in [-0.1, -0.05) is 226 Å². The largest absolute Gasteiger partial charge is 0.456 e. The molecular weight excluding hydrogens is 1310 g/mol. The standard InChI is InChI=1S/C52H32N2O3.C18H13NO.C16H8Br2O/c1-3-15-33(16-4-1)53(43-25-13-23-40-37-20-9-11-27-46(37)56-51(40)43)35-29-30-42-48(31-35)55-49-32-45(36-19-7-8-22-39(36)50(42)49)54(34-17-5-2-6-18-34)44-26-14-24-41-38-21-10-12-28-47(38)57-52(41)44;1-2-7-13(8-3-1)19-16-11-6-10-15-14-9-4-5-12-17(14)20-18(15)16;17-9-5-6-12-14(7-9)19-15-8-13(18)10-3-1-2-4-11(10)16(12)15/h1-32H;1-12,19H;1-8H. The second-order valence-electron chi connectivity index (χ2n) is 23.7. The Labute approximate surface area is 566 Å². The summed E-state index contributed by atoms with van der Waals surface area (Å²) in [5, 5.41) is 19.2. The number of anilines is 8. The van der Waals surface area contributed by atoms with Gasteiger partial charge in [0.25, 0.3) is 0 Å². The first kappa shape index (κ1) is 56.9. The molecule has 456 valence electrons. The Balaban J connectivity index is 0.000000139. The maximum Gasteiger partial charge on any atom is 0.159 e. The third-order valence-corrected chi connectivity index (χ3v) is 19.2. The zero-order valence-electron chi connectivity index (χ0n) is 51.2. The average Bonchev–Trinajstić information content (AvgIpc) is 1.50. The molecule has 0 unspecified atom stereocenters. The zero-order valence-corrected chi connectivity index (χ0v) is 54.4. The van der Waals surface area contributed by atoms with Crippen LogP contribution >= 0.6 is 31.9 Å². The van der Waals surface area contributed by atoms with Crippen LogP contribution in [0.2, 0.25) is 0 Å². The van der Waals surface area contributed by atoms with E-state index >= 15 is 0 Å². The average molecular weight is 1370 g/mol. The minimum absolute atomic E-state index is 0.799. The summed E-state index contributed by atoms with van der Waals surface area (Å²) in [5.41, 5.74) is 16.6. The highest BCUT2D eigenvalue weighted by molar-refractivity contribution is 9.11. The summed E-state index contributed by atoms with van der Waals surface area (Å²) in [6.07, 6.45) is 0. The van der Waals surface area contributed by atoms with E-state index in [0.717, 1.165) is 170 Å². The molecule has 1 N–H and O–H groups in total. The Bertz CT molecular complexity index is 6370. The molecule has 20 rings (SSSR count). The van der Waals surface area contributed by atoms with Crippen LogP contribution in [0.3, 0.4) is 0 Å². The molecule has 0 atom stereocenters. The molecule has 0 saturated carbocycles. The van der Waals surface area contributed by atoms with E-state index in [1.54, 1.807) is 0 Å². The molecule has 10 heteroatoms. The van der Waals surface area contributed by atoms with Crippen molar-refractivity contribution in [3.63, 3.8) is 0 Å². The van der Waals surface area contributed by atoms with E-state index in [1.807, 2.05) is 103 Å². The normalized spacial score (nSPS) is 11.6. The van der Waals surface area contributed by atoms with E-state index in [2.05, 4.69) is 259 Å². The van der Waals surface area contributed by atoms with E-state index in [9.17, 15) is 0 Å². The lowest BCUT2D eigenvalue weighted by molar-refractivity contribution is 0.667. The summed E-state index contributed by atoms with van der Waals surface area (Å²) in [4.78, 5) is 4.56. The van der Waals surface area contributed by atoms with Crippen LogP contribution in [0.25, 0.3) is 131 Å². The monoisotopic (exact) mass is 1370 g/mol. The summed E-state index contributed by atoms with van der Waals surface area (Å²) >= 11 is 7.11. The minimum Gasteiger partial charge on any atom is -0.456 e. The molecule has 5 heterocycles. The summed E-state index contributed by atoms with van der Waals surface area (Å²) in [6.45, 7) is 0. The van der Waals surface area contributed by atoms with Gasteiger partial charge >= 0.3 is 0 Å². The molecule has 0 saturated heterocycles. The van der Waals surface area contributed by atoms with Crippen molar-refractivity contribution in [2.24, 2.45) is 0 Å². The Morgan fingerprint density at radius 3 is 1.26 bits per heavy atom. The molecule has 0 spiro atoms. The Morgan fingerprint density at radius 1 is 0.240 bits per heavy atom. The van der Waals surface area contributed by atoms with Gasteiger partial charge in [-0.05, 0) is 125 Å². The van der Waals surface area contributed by atoms with Gasteiger partial charge in [0.05, 0.1) is 28.4 Å². The summed E-state index contributed by atoms with van der Waals surface area (Å²) in [6, 6.07) is 109. The second kappa shape index (κ2) is 23.6. The molecular formula is C86H53Br2N3O5. The van der Waals surface area contributed by atoms with Crippen molar-refractivity contribution in [2.45, 2.75) is 0 Å². The quantitative estimate of drug-likeness (QED) is 0.161. The molecule has 0 aliphatic heterocycles. The topological polar surface area (TPSA) is 84.2 Å². The second-order valence-corrected chi connectivity index (χ2v) is 25.5. The van der Waals surface area contributed by atoms with Gasteiger partial charge in [-0.3, -0.25) is 0 Å². The lowest BCUT2D eigenvalue weighted by Crippen LogP contribution is -2.10. The first-order valence-corrected chi connectivity index (χ1v) is 33.3. The van der Waals surface area contributed by atoms with Crippen LogP contribution in [-0.2, 0) is 0 Å². The van der Waals surface area contributed by atoms with Crippen LogP contribution in [0.5, 0.6) is 0 Å². The fourth-order valence-electron chi connectivity index (χ4n) is 13.8. The molecule has 0 radical (unpaired) electrons. The van der Waals surface area contributed by atoms with Crippen LogP contribution in [0.4, 0.5) is 45.5 Å². The maximum atomic E-state index is 6.96. The number of halogens is 2. The van der Waals surface area contributed by atoms with Crippen molar-refractivity contribution < 1.29 is 22.1 Å². The first-order chi connectivity index (χ1) is 47.4. The predicted molar refractivity (Wildman–Crippen MR) is 405 cm³/mol. The number of nitrogens with zero attached hydrogens (tertiary/aromatic N) is 2. The van der Waals surface area contributed by atoms with E-state index in [1.165, 1.54) is 16.2 Å². The molecule has 8 nitrogen and oxygen atoms in total. The van der Waals surface area contributed by atoms with E-state index in [-0.39, 0.29) is 0 Å². The van der Waals surface area contributed by atoms with Crippen LogP contribution in [0.1, 0.15) is 0 Å². The third-order valence-electron chi connectivity index (χ3n) is 18.1. The van der Waals surface area contributed by atoms with Gasteiger partial charge in [0.15, 0.2) is 16.7 Å². The number of hydrogen-bond donors (Lipinski definition) is 1. The molecule has 0 aliphatic rings. The lowest BCUT2D eigenvalue weighted by Gasteiger charge is -2.27. The Morgan fingerprint density at radius 2 is 0.667 bits per heavy atom. The molecule has 20 aromatic rings. The van der Waals surface area contributed by atoms with E-state index in [0.29, 0.717) is 0 Å². The van der Waals surface area contributed by atoms with E-state index < -0.39 is 0 Å². The number of fused-ring (bicyclic) bond motifs is 19. The van der Waals surface area contributed by atoms with Crippen LogP contribution in [-0.4, -0.2) is 0 Å². The molecule has 96 heavy (non-hydrogen) atoms. The van der Waals surface area contributed by atoms with Crippen molar-refractivity contribution >= 4 is 209 Å². The summed E-state index contributed by atoms with van der Waals surface area (Å²) in [7, 11) is 0. The number of para-hydroxylation sites is 9. The fraction of sp³-hybridized carbons (Fsp3) is 0. The maximum absolute atomic E-state index is 6.96. The summed E-state index contributed by atoms with van der Waals surface area (Å²) < 4.78 is 34.2. The highest BCUT2D eigenvalue weighted by Gasteiger charge is 2.26. The number of furan rings is 5. The molecule has 0 amide bonds. The highest BCUT2D eigenvalue weighted by atomic mass is 79.9. The summed E-state index contributed by atoms with van der Waals surface area (Å²) in [5.74, 6) is 0. The number of rotatable bonds is 8. The number of hydrogen-bond acceptors (Lipinski definition) is 8. The van der Waals surface area contributed by atoms with Crippen LogP contribution in [0, 0.1) is 0 Å². The minimum atomic E-state index is 0.799. The molecule has 0 fully saturated rings. The van der Waals surface area contributed by atoms with Gasteiger partial charge in [0.1, 0.15) is 39.1 Å². The Hall–Kier alpha value is -11.8. The van der Waals surface area contributed by atoms with Crippen LogP contribution < -0.4 is 15.1 Å². The molecule has 15 aromatic carbocycles. The van der Waals surface area contributed by atoms with Gasteiger partial charge in [-0.25, -0.2) is 0 Å². The molecule has 5 aromatic heterocycles. The fourth-order valence-corrected chi connectivity index (χ4v) is 14.7. The highest BCUT2D eigenvalue weighted by Crippen LogP contribution is 2.50. The van der Waals surface area contributed by atoms with E-state index in [4.69, 9.17) is 22.1 Å². The van der Waals surface area contributed by atoms with Crippen molar-refractivity contribution in [1.82, 2.24) is 0 Å². The lowest BCUT2D eigenvalue weighted by atomic mass is 10.00. The van der Waals surface area contributed by atoms with Gasteiger partial charge in [0, 0.05) is 97.4 Å². The predicted octanol–water partition coefficient (Wildman–Crippen LogP) is 27.1. The van der Waals surface area contributed by atoms with Gasteiger partial charge in [-0.15, -0.1) is 0 Å². The van der Waals surface area contributed by atoms with Crippen molar-refractivity contribution in [1.29, 1.82) is 0 Å². The van der Waals surface area contributed by atoms with Crippen molar-refractivity contribution in [3.8, 4) is 0 Å². The SMILES string of the molecule is Brc1ccc2c(c1)oc1cc(Br)c3ccccc3c12.c1ccc(N(c2ccc3c(c2)oc2cc(N(c4ccccc4)c4cccc5c4oc4ccccc45)c4ccccc4c23)c2cccc3c2oc2ccccc23)cc1.c1ccc(Nc2cccc3c2oc2ccccc23)cc1. The van der Waals surface area contributed by atoms with Gasteiger partial charge in [-0.2, -0.15) is 0 Å². The molecule has 0 aliphatic carbocycles. The number of benzene rings is 15. The molecule has 0 bridgehead atoms. The van der Waals surface area contributed by atoms with Gasteiger partial charge in [0.2, 0.25) is 0 Å². The number of nitrogens with one attached hydrogen (secondary N) is 1. The van der Waals surface area contributed by atoms with Crippen molar-refractivity contribution in [2.75, 3.05) is 15.1 Å². The zero-order chi connectivity index (χ0) is 63.8. The third kappa shape index (κ3) is 9.79. The van der Waals surface area contributed by atoms with Gasteiger partial charge < -0.3 is 37.2 Å². The first-order valence-electron chi connectivity index (χ1n) is 31.7. The smallest absolute Gasteiger partial charge is 0.159 e. The van der Waals surface area contributed by atoms with Crippen LogP contribution in [0.15, 0.2) is 346 Å². The van der Waals surface area contributed by atoms with Crippen molar-refractivity contribution in [3.05, 3.63) is 324 Å².